The predicted molar refractivity (Wildman–Crippen MR) is 61.6 cm³/mol. The average molecular weight is 217 g/mol. The molecule has 2 heterocycles. The fourth-order valence-electron chi connectivity index (χ4n) is 1.72. The molecular formula is C11H15N5. The molecule has 0 aliphatic heterocycles. The van der Waals surface area contributed by atoms with Gasteiger partial charge in [0.1, 0.15) is 0 Å². The van der Waals surface area contributed by atoms with Crippen molar-refractivity contribution in [3.8, 4) is 11.6 Å². The summed E-state index contributed by atoms with van der Waals surface area (Å²) in [5, 5.41) is 0. The first-order valence-corrected chi connectivity index (χ1v) is 5.15. The standard InChI is InChI=1S/C11H15N5/c1-7-9(6-12)8(2)15-10(14-7)11-13-4-5-16(11)3/h4-5H,6,12H2,1-3H3. The van der Waals surface area contributed by atoms with E-state index in [0.717, 1.165) is 22.8 Å². The number of hydrogen-bond donors (Lipinski definition) is 1. The van der Waals surface area contributed by atoms with Gasteiger partial charge in [-0.15, -0.1) is 0 Å². The van der Waals surface area contributed by atoms with E-state index in [1.165, 1.54) is 0 Å². The highest BCUT2D eigenvalue weighted by atomic mass is 15.1. The molecule has 0 saturated carbocycles. The lowest BCUT2D eigenvalue weighted by molar-refractivity contribution is 0.881. The van der Waals surface area contributed by atoms with Crippen molar-refractivity contribution < 1.29 is 0 Å². The molecule has 16 heavy (non-hydrogen) atoms. The van der Waals surface area contributed by atoms with E-state index in [4.69, 9.17) is 5.73 Å². The number of imidazole rings is 1. The molecule has 5 nitrogen and oxygen atoms in total. The third-order valence-electron chi connectivity index (χ3n) is 2.65. The quantitative estimate of drug-likeness (QED) is 0.813. The van der Waals surface area contributed by atoms with E-state index in [1.807, 2.05) is 31.7 Å². The molecule has 0 fully saturated rings. The first-order valence-electron chi connectivity index (χ1n) is 5.15. The number of aromatic nitrogens is 4. The minimum absolute atomic E-state index is 0.471. The third kappa shape index (κ3) is 1.69. The number of hydrogen-bond acceptors (Lipinski definition) is 4. The van der Waals surface area contributed by atoms with Crippen molar-refractivity contribution >= 4 is 0 Å². The van der Waals surface area contributed by atoms with Crippen LogP contribution in [0.25, 0.3) is 11.6 Å². The average Bonchev–Trinajstić information content (AvgIpc) is 2.64. The predicted octanol–water partition coefficient (Wildman–Crippen LogP) is 0.953. The summed E-state index contributed by atoms with van der Waals surface area (Å²) in [6, 6.07) is 0. The molecule has 2 N–H and O–H groups in total. The van der Waals surface area contributed by atoms with E-state index in [9.17, 15) is 0 Å². The largest absolute Gasteiger partial charge is 0.331 e. The van der Waals surface area contributed by atoms with Gasteiger partial charge in [0.15, 0.2) is 11.6 Å². The molecule has 5 heteroatoms. The summed E-state index contributed by atoms with van der Waals surface area (Å²) in [6.07, 6.45) is 3.61. The van der Waals surface area contributed by atoms with Gasteiger partial charge < -0.3 is 10.3 Å². The smallest absolute Gasteiger partial charge is 0.196 e. The van der Waals surface area contributed by atoms with Gasteiger partial charge in [-0.2, -0.15) is 0 Å². The van der Waals surface area contributed by atoms with Crippen LogP contribution in [0.1, 0.15) is 17.0 Å². The van der Waals surface area contributed by atoms with Crippen LogP contribution < -0.4 is 5.73 Å². The first-order chi connectivity index (χ1) is 7.63. The Morgan fingerprint density at radius 2 is 1.88 bits per heavy atom. The van der Waals surface area contributed by atoms with Crippen LogP contribution in [0.3, 0.4) is 0 Å². The van der Waals surface area contributed by atoms with E-state index < -0.39 is 0 Å². The monoisotopic (exact) mass is 217 g/mol. The summed E-state index contributed by atoms with van der Waals surface area (Å²) in [7, 11) is 1.92. The van der Waals surface area contributed by atoms with Gasteiger partial charge in [0.05, 0.1) is 0 Å². The summed E-state index contributed by atoms with van der Waals surface area (Å²) >= 11 is 0. The van der Waals surface area contributed by atoms with E-state index in [2.05, 4.69) is 15.0 Å². The molecule has 0 aromatic carbocycles. The SMILES string of the molecule is Cc1nc(-c2nccn2C)nc(C)c1CN. The first kappa shape index (κ1) is 10.8. The Morgan fingerprint density at radius 3 is 2.31 bits per heavy atom. The van der Waals surface area contributed by atoms with Crippen LogP contribution >= 0.6 is 0 Å². The lowest BCUT2D eigenvalue weighted by Gasteiger charge is -2.08. The van der Waals surface area contributed by atoms with Crippen LogP contribution in [-0.2, 0) is 13.6 Å². The molecule has 2 aromatic rings. The fourth-order valence-corrected chi connectivity index (χ4v) is 1.72. The Balaban J connectivity index is 2.57. The van der Waals surface area contributed by atoms with Crippen LogP contribution in [0.15, 0.2) is 12.4 Å². The van der Waals surface area contributed by atoms with Gasteiger partial charge in [-0.1, -0.05) is 0 Å². The van der Waals surface area contributed by atoms with E-state index in [-0.39, 0.29) is 0 Å². The summed E-state index contributed by atoms with van der Waals surface area (Å²) in [5.41, 5.74) is 8.51. The molecule has 0 bridgehead atoms. The van der Waals surface area contributed by atoms with Crippen LogP contribution in [0, 0.1) is 13.8 Å². The molecule has 0 spiro atoms. The molecule has 0 saturated heterocycles. The molecule has 2 aromatic heterocycles. The summed E-state index contributed by atoms with van der Waals surface area (Å²) in [5.74, 6) is 1.43. The Kier molecular flexibility index (Phi) is 2.70. The molecule has 0 atom stereocenters. The van der Waals surface area contributed by atoms with Crippen LogP contribution in [0.5, 0.6) is 0 Å². The van der Waals surface area contributed by atoms with Gasteiger partial charge in [-0.3, -0.25) is 0 Å². The summed E-state index contributed by atoms with van der Waals surface area (Å²) in [4.78, 5) is 13.1. The highest BCUT2D eigenvalue weighted by molar-refractivity contribution is 5.45. The third-order valence-corrected chi connectivity index (χ3v) is 2.65. The number of aryl methyl sites for hydroxylation is 3. The zero-order chi connectivity index (χ0) is 11.7. The minimum atomic E-state index is 0.471. The maximum atomic E-state index is 5.65. The lowest BCUT2D eigenvalue weighted by Crippen LogP contribution is -2.08. The van der Waals surface area contributed by atoms with Crippen LogP contribution in [0.2, 0.25) is 0 Å². The summed E-state index contributed by atoms with van der Waals surface area (Å²) < 4.78 is 1.90. The normalized spacial score (nSPS) is 10.8. The minimum Gasteiger partial charge on any atom is -0.331 e. The number of rotatable bonds is 2. The van der Waals surface area contributed by atoms with Gasteiger partial charge in [-0.05, 0) is 13.8 Å². The maximum Gasteiger partial charge on any atom is 0.196 e. The van der Waals surface area contributed by atoms with Crippen molar-refractivity contribution in [2.75, 3.05) is 0 Å². The fraction of sp³-hybridized carbons (Fsp3) is 0.364. The second-order valence-corrected chi connectivity index (χ2v) is 3.76. The van der Waals surface area contributed by atoms with Crippen molar-refractivity contribution in [1.29, 1.82) is 0 Å². The maximum absolute atomic E-state index is 5.65. The van der Waals surface area contributed by atoms with Gasteiger partial charge >= 0.3 is 0 Å². The topological polar surface area (TPSA) is 69.6 Å². The number of nitrogens with zero attached hydrogens (tertiary/aromatic N) is 4. The van der Waals surface area contributed by atoms with Crippen molar-refractivity contribution in [3.63, 3.8) is 0 Å². The Morgan fingerprint density at radius 1 is 1.25 bits per heavy atom. The Hall–Kier alpha value is -1.75. The molecular weight excluding hydrogens is 202 g/mol. The molecule has 84 valence electrons. The van der Waals surface area contributed by atoms with E-state index >= 15 is 0 Å². The molecule has 0 amide bonds. The Bertz CT molecular complexity index is 492. The zero-order valence-electron chi connectivity index (χ0n) is 9.73. The second kappa shape index (κ2) is 4.02. The van der Waals surface area contributed by atoms with Crippen molar-refractivity contribution in [1.82, 2.24) is 19.5 Å². The van der Waals surface area contributed by atoms with Gasteiger partial charge in [0.2, 0.25) is 0 Å². The summed E-state index contributed by atoms with van der Waals surface area (Å²) in [6.45, 7) is 4.37. The molecule has 0 unspecified atom stereocenters. The van der Waals surface area contributed by atoms with Crippen LogP contribution in [-0.4, -0.2) is 19.5 Å². The molecule has 0 aliphatic rings. The van der Waals surface area contributed by atoms with Gasteiger partial charge in [0, 0.05) is 42.9 Å². The highest BCUT2D eigenvalue weighted by Crippen LogP contribution is 2.16. The Labute approximate surface area is 94.4 Å². The molecule has 0 aliphatic carbocycles. The van der Waals surface area contributed by atoms with Crippen molar-refractivity contribution in [2.45, 2.75) is 20.4 Å². The van der Waals surface area contributed by atoms with E-state index in [1.54, 1.807) is 6.20 Å². The number of nitrogens with two attached hydrogens (primary N) is 1. The van der Waals surface area contributed by atoms with Crippen LogP contribution in [0.4, 0.5) is 0 Å². The van der Waals surface area contributed by atoms with Gasteiger partial charge in [0.25, 0.3) is 0 Å². The van der Waals surface area contributed by atoms with Gasteiger partial charge in [-0.25, -0.2) is 15.0 Å². The molecule has 0 radical (unpaired) electrons. The van der Waals surface area contributed by atoms with Crippen molar-refractivity contribution in [2.24, 2.45) is 12.8 Å². The second-order valence-electron chi connectivity index (χ2n) is 3.76. The van der Waals surface area contributed by atoms with E-state index in [0.29, 0.717) is 12.4 Å². The highest BCUT2D eigenvalue weighted by Gasteiger charge is 2.11. The lowest BCUT2D eigenvalue weighted by atomic mass is 10.2. The zero-order valence-corrected chi connectivity index (χ0v) is 9.73. The molecule has 2 rings (SSSR count). The van der Waals surface area contributed by atoms with Crippen molar-refractivity contribution in [3.05, 3.63) is 29.3 Å².